The van der Waals surface area contributed by atoms with Crippen molar-refractivity contribution in [2.45, 2.75) is 63.8 Å². The second-order valence-electron chi connectivity index (χ2n) is 10.4. The number of carbonyl (C=O) groups excluding carboxylic acids is 1. The van der Waals surface area contributed by atoms with Crippen LogP contribution in [0.15, 0.2) is 30.9 Å². The van der Waals surface area contributed by atoms with Crippen molar-refractivity contribution in [1.29, 1.82) is 5.26 Å². The molecule has 1 saturated heterocycles. The molecule has 38 heavy (non-hydrogen) atoms. The van der Waals surface area contributed by atoms with Crippen LogP contribution < -0.4 is 4.90 Å². The summed E-state index contributed by atoms with van der Waals surface area (Å²) in [6.07, 6.45) is 2.65. The predicted octanol–water partition coefficient (Wildman–Crippen LogP) is 4.94. The van der Waals surface area contributed by atoms with Gasteiger partial charge in [0.15, 0.2) is 5.65 Å². The van der Waals surface area contributed by atoms with Crippen LogP contribution in [0.3, 0.4) is 0 Å². The molecule has 9 nitrogen and oxygen atoms in total. The molecule has 1 aliphatic heterocycles. The Morgan fingerprint density at radius 3 is 2.58 bits per heavy atom. The van der Waals surface area contributed by atoms with Gasteiger partial charge in [-0.3, -0.25) is 4.57 Å². The molecule has 5 rings (SSSR count). The van der Waals surface area contributed by atoms with Crippen molar-refractivity contribution in [3.8, 4) is 11.9 Å². The zero-order chi connectivity index (χ0) is 27.2. The van der Waals surface area contributed by atoms with Crippen LogP contribution in [0, 0.1) is 11.3 Å². The van der Waals surface area contributed by atoms with Gasteiger partial charge in [0.1, 0.15) is 18.0 Å². The number of aromatic nitrogens is 4. The first-order chi connectivity index (χ1) is 18.0. The van der Waals surface area contributed by atoms with E-state index in [1.165, 1.54) is 11.2 Å². The van der Waals surface area contributed by atoms with Gasteiger partial charge in [0.2, 0.25) is 5.60 Å². The average Bonchev–Trinajstić information content (AvgIpc) is 3.21. The second kappa shape index (κ2) is 9.45. The van der Waals surface area contributed by atoms with E-state index >= 15 is 0 Å². The molecule has 1 aliphatic carbocycles. The van der Waals surface area contributed by atoms with Gasteiger partial charge in [-0.1, -0.05) is 6.42 Å². The lowest BCUT2D eigenvalue weighted by molar-refractivity contribution is -0.246. The molecule has 1 amide bonds. The molecule has 0 bridgehead atoms. The summed E-state index contributed by atoms with van der Waals surface area (Å²) in [7, 11) is 0. The van der Waals surface area contributed by atoms with E-state index in [0.717, 1.165) is 44.1 Å². The zero-order valence-corrected chi connectivity index (χ0v) is 21.4. The number of carbonyl (C=O) groups is 1. The highest BCUT2D eigenvalue weighted by Gasteiger charge is 2.51. The van der Waals surface area contributed by atoms with Crippen LogP contribution >= 0.6 is 0 Å². The van der Waals surface area contributed by atoms with Gasteiger partial charge in [-0.2, -0.15) is 18.4 Å². The van der Waals surface area contributed by atoms with Crippen molar-refractivity contribution in [3.05, 3.63) is 42.0 Å². The van der Waals surface area contributed by atoms with Crippen molar-refractivity contribution in [2.75, 3.05) is 24.5 Å². The van der Waals surface area contributed by atoms with Crippen LogP contribution in [0.25, 0.3) is 16.9 Å². The summed E-state index contributed by atoms with van der Waals surface area (Å²) in [5, 5.41) is 10.2. The number of hydrogen-bond donors (Lipinski definition) is 0. The summed E-state index contributed by atoms with van der Waals surface area (Å²) < 4.78 is 46.4. The van der Waals surface area contributed by atoms with Crippen LogP contribution in [0.5, 0.6) is 0 Å². The fraction of sp³-hybridized carbons (Fsp3) is 0.500. The minimum atomic E-state index is -4.67. The number of hydrogen-bond acceptors (Lipinski definition) is 7. The summed E-state index contributed by atoms with van der Waals surface area (Å²) in [6.45, 7) is 4.33. The third-order valence-electron chi connectivity index (χ3n) is 7.44. The van der Waals surface area contributed by atoms with Crippen LogP contribution in [0.2, 0.25) is 0 Å². The van der Waals surface area contributed by atoms with Gasteiger partial charge in [0.25, 0.3) is 0 Å². The molecule has 2 aliphatic rings. The number of rotatable bonds is 4. The van der Waals surface area contributed by atoms with Gasteiger partial charge in [-0.15, -0.1) is 0 Å². The van der Waals surface area contributed by atoms with Crippen molar-refractivity contribution >= 4 is 22.9 Å². The Bertz CT molecular complexity index is 1410. The summed E-state index contributed by atoms with van der Waals surface area (Å²) >= 11 is 0. The summed E-state index contributed by atoms with van der Waals surface area (Å²) in [5.41, 5.74) is -0.324. The smallest absolute Gasteiger partial charge is 0.427 e. The Morgan fingerprint density at radius 1 is 1.18 bits per heavy atom. The maximum atomic E-state index is 13.2. The normalized spacial score (nSPS) is 18.8. The number of pyridine rings is 1. The SMILES string of the molecule is C[C@H]1CN(C(=O)OC(C)(C)C(F)(F)F)CCN1c1ncnc2c1c(C1CCC1)cn2-c1cc(C#N)ccn1. The maximum Gasteiger partial charge on any atom is 0.427 e. The largest absolute Gasteiger partial charge is 0.434 e. The molecule has 200 valence electrons. The van der Waals surface area contributed by atoms with Gasteiger partial charge in [-0.25, -0.2) is 19.7 Å². The number of nitriles is 1. The van der Waals surface area contributed by atoms with E-state index in [9.17, 15) is 23.2 Å². The van der Waals surface area contributed by atoms with Crippen LogP contribution in [0.4, 0.5) is 23.8 Å². The fourth-order valence-electron chi connectivity index (χ4n) is 4.89. The minimum Gasteiger partial charge on any atom is -0.434 e. The Morgan fingerprint density at radius 2 is 1.95 bits per heavy atom. The molecule has 3 aromatic rings. The number of amides is 1. The summed E-state index contributed by atoms with van der Waals surface area (Å²) in [6, 6.07) is 5.26. The number of halogens is 3. The predicted molar refractivity (Wildman–Crippen MR) is 133 cm³/mol. The van der Waals surface area contributed by atoms with Crippen molar-refractivity contribution in [3.63, 3.8) is 0 Å². The number of nitrogens with zero attached hydrogens (tertiary/aromatic N) is 7. The number of fused-ring (bicyclic) bond motifs is 1. The summed E-state index contributed by atoms with van der Waals surface area (Å²) in [4.78, 5) is 29.6. The first-order valence-corrected chi connectivity index (χ1v) is 12.5. The molecule has 3 aromatic heterocycles. The molecule has 12 heteroatoms. The molecule has 0 unspecified atom stereocenters. The topological polar surface area (TPSA) is 100 Å². The maximum absolute atomic E-state index is 13.2. The van der Waals surface area contributed by atoms with Crippen molar-refractivity contribution in [2.24, 2.45) is 0 Å². The van der Waals surface area contributed by atoms with Crippen molar-refractivity contribution in [1.82, 2.24) is 24.4 Å². The van der Waals surface area contributed by atoms with Crippen LogP contribution in [0.1, 0.15) is 57.1 Å². The average molecular weight is 528 g/mol. The quantitative estimate of drug-likeness (QED) is 0.474. The Balaban J connectivity index is 1.47. The molecule has 2 fully saturated rings. The third-order valence-corrected chi connectivity index (χ3v) is 7.44. The van der Waals surface area contributed by atoms with E-state index in [0.29, 0.717) is 35.3 Å². The fourth-order valence-corrected chi connectivity index (χ4v) is 4.89. The Kier molecular flexibility index (Phi) is 6.41. The van der Waals surface area contributed by atoms with Gasteiger partial charge >= 0.3 is 12.3 Å². The van der Waals surface area contributed by atoms with Crippen molar-refractivity contribution < 1.29 is 22.7 Å². The van der Waals surface area contributed by atoms with E-state index in [4.69, 9.17) is 4.74 Å². The lowest BCUT2D eigenvalue weighted by Gasteiger charge is -2.41. The monoisotopic (exact) mass is 527 g/mol. The van der Waals surface area contributed by atoms with Crippen LogP contribution in [-0.2, 0) is 4.74 Å². The third kappa shape index (κ3) is 4.50. The molecule has 1 saturated carbocycles. The number of ether oxygens (including phenoxy) is 1. The Hall–Kier alpha value is -3.88. The minimum absolute atomic E-state index is 0.184. The number of anilines is 1. The lowest BCUT2D eigenvalue weighted by Crippen LogP contribution is -2.56. The van der Waals surface area contributed by atoms with E-state index in [-0.39, 0.29) is 19.1 Å². The first kappa shape index (κ1) is 25.8. The molecule has 0 radical (unpaired) electrons. The molecular weight excluding hydrogens is 499 g/mol. The molecule has 0 spiro atoms. The van der Waals surface area contributed by atoms with Gasteiger partial charge in [-0.05, 0) is 57.2 Å². The molecule has 1 atom stereocenters. The molecular formula is C26H28F3N7O2. The highest BCUT2D eigenvalue weighted by Crippen LogP contribution is 2.43. The van der Waals surface area contributed by atoms with E-state index in [1.54, 1.807) is 18.3 Å². The van der Waals surface area contributed by atoms with Gasteiger partial charge in [0, 0.05) is 38.1 Å². The molecule has 4 heterocycles. The van der Waals surface area contributed by atoms with Gasteiger partial charge < -0.3 is 14.5 Å². The van der Waals surface area contributed by atoms with E-state index in [1.807, 2.05) is 17.7 Å². The van der Waals surface area contributed by atoms with Gasteiger partial charge in [0.05, 0.1) is 17.0 Å². The highest BCUT2D eigenvalue weighted by molar-refractivity contribution is 5.93. The lowest BCUT2D eigenvalue weighted by atomic mass is 9.80. The first-order valence-electron chi connectivity index (χ1n) is 12.5. The van der Waals surface area contributed by atoms with E-state index in [2.05, 4.69) is 25.9 Å². The van der Waals surface area contributed by atoms with E-state index < -0.39 is 17.9 Å². The zero-order valence-electron chi connectivity index (χ0n) is 21.4. The molecule has 0 N–H and O–H groups in total. The van der Waals surface area contributed by atoms with Crippen LogP contribution in [-0.4, -0.2) is 68.0 Å². The Labute approximate surface area is 217 Å². The number of alkyl halides is 3. The second-order valence-corrected chi connectivity index (χ2v) is 10.4. The molecule has 0 aromatic carbocycles. The standard InChI is InChI=1S/C26H28F3N7O2/c1-16-13-34(24(37)38-25(2,3)26(27,28)29)9-10-35(16)22-21-19(18-5-4-6-18)14-36(23(21)33-15-32-22)20-11-17(12-30)7-8-31-20/h7-8,11,14-16,18H,4-6,9-10,13H2,1-3H3/t16-/m0/s1. The number of piperazine rings is 1. The summed E-state index contributed by atoms with van der Waals surface area (Å²) in [5.74, 6) is 1.64. The highest BCUT2D eigenvalue weighted by atomic mass is 19.4.